The van der Waals surface area contributed by atoms with Gasteiger partial charge in [0.05, 0.1) is 11.0 Å². The highest BCUT2D eigenvalue weighted by Gasteiger charge is 2.30. The Kier molecular flexibility index (Phi) is 8.39. The van der Waals surface area contributed by atoms with Crippen LogP contribution in [0.3, 0.4) is 0 Å². The molecule has 1 fully saturated rings. The van der Waals surface area contributed by atoms with Gasteiger partial charge in [0, 0.05) is 56.1 Å². The van der Waals surface area contributed by atoms with Gasteiger partial charge in [0.25, 0.3) is 0 Å². The molecule has 1 atom stereocenters. The molecule has 3 rings (SSSR count). The van der Waals surface area contributed by atoms with Crippen molar-refractivity contribution in [3.8, 4) is 0 Å². The summed E-state index contributed by atoms with van der Waals surface area (Å²) < 4.78 is 34.5. The Labute approximate surface area is 201 Å². The monoisotopic (exact) mass is 493 g/mol. The molecule has 0 radical (unpaired) electrons. The molecule has 0 aromatic heterocycles. The fourth-order valence-corrected chi connectivity index (χ4v) is 5.49. The number of nitrogens with one attached hydrogen (secondary N) is 1. The summed E-state index contributed by atoms with van der Waals surface area (Å²) in [7, 11) is -0.0303. The van der Waals surface area contributed by atoms with Gasteiger partial charge in [-0.25, -0.2) is 8.42 Å². The van der Waals surface area contributed by atoms with Crippen LogP contribution >= 0.6 is 11.6 Å². The zero-order valence-electron chi connectivity index (χ0n) is 19.5. The summed E-state index contributed by atoms with van der Waals surface area (Å²) in [6.45, 7) is 4.66. The number of amides is 1. The minimum absolute atomic E-state index is 0.0960. The summed E-state index contributed by atoms with van der Waals surface area (Å²) in [5.41, 5.74) is 2.29. The number of benzene rings is 2. The first kappa shape index (κ1) is 25.5. The minimum atomic E-state index is -3.84. The molecular formula is C24H32ClN3O4S. The lowest BCUT2D eigenvalue weighted by molar-refractivity contribution is -0.118. The van der Waals surface area contributed by atoms with Crippen molar-refractivity contribution in [3.05, 3.63) is 53.1 Å². The molecule has 33 heavy (non-hydrogen) atoms. The van der Waals surface area contributed by atoms with Crippen molar-refractivity contribution < 1.29 is 17.9 Å². The van der Waals surface area contributed by atoms with Crippen LogP contribution in [0, 0.1) is 5.92 Å². The Bertz CT molecular complexity index is 1080. The molecule has 0 spiro atoms. The molecule has 180 valence electrons. The molecule has 0 unspecified atom stereocenters. The third-order valence-corrected chi connectivity index (χ3v) is 7.61. The second kappa shape index (κ2) is 10.9. The van der Waals surface area contributed by atoms with Crippen molar-refractivity contribution in [2.24, 2.45) is 5.92 Å². The second-order valence-electron chi connectivity index (χ2n) is 8.77. The fraction of sp³-hybridized carbons (Fsp3) is 0.458. The quantitative estimate of drug-likeness (QED) is 0.561. The minimum Gasteiger partial charge on any atom is -0.377 e. The van der Waals surface area contributed by atoms with Gasteiger partial charge in [0.1, 0.15) is 0 Å². The summed E-state index contributed by atoms with van der Waals surface area (Å²) in [5.74, 6) is -0.262. The Morgan fingerprint density at radius 2 is 1.97 bits per heavy atom. The van der Waals surface area contributed by atoms with Gasteiger partial charge in [-0.3, -0.25) is 4.79 Å². The number of hydrogen-bond donors (Lipinski definition) is 1. The first-order valence-corrected chi connectivity index (χ1v) is 12.9. The van der Waals surface area contributed by atoms with E-state index < -0.39 is 10.0 Å². The molecule has 0 aliphatic carbocycles. The first-order chi connectivity index (χ1) is 15.6. The maximum atomic E-state index is 13.6. The molecule has 1 heterocycles. The van der Waals surface area contributed by atoms with Gasteiger partial charge in [-0.05, 0) is 54.8 Å². The van der Waals surface area contributed by atoms with Crippen LogP contribution in [0.25, 0.3) is 0 Å². The predicted octanol–water partition coefficient (Wildman–Crippen LogP) is 4.37. The molecule has 0 saturated carbocycles. The molecule has 7 nitrogen and oxygen atoms in total. The highest BCUT2D eigenvalue weighted by atomic mass is 35.5. The number of carbonyl (C=O) groups is 1. The van der Waals surface area contributed by atoms with Gasteiger partial charge in [-0.1, -0.05) is 31.5 Å². The van der Waals surface area contributed by atoms with E-state index >= 15 is 0 Å². The van der Waals surface area contributed by atoms with Gasteiger partial charge in [-0.15, -0.1) is 0 Å². The molecule has 0 bridgehead atoms. The predicted molar refractivity (Wildman–Crippen MR) is 132 cm³/mol. The highest BCUT2D eigenvalue weighted by Crippen LogP contribution is 2.29. The number of anilines is 2. The molecule has 9 heteroatoms. The van der Waals surface area contributed by atoms with Gasteiger partial charge in [-0.2, -0.15) is 4.31 Å². The second-order valence-corrected chi connectivity index (χ2v) is 11.1. The van der Waals surface area contributed by atoms with Crippen LogP contribution in [-0.2, 0) is 26.1 Å². The van der Waals surface area contributed by atoms with Gasteiger partial charge in [0.15, 0.2) is 0 Å². The van der Waals surface area contributed by atoms with Crippen LogP contribution in [0.5, 0.6) is 0 Å². The van der Waals surface area contributed by atoms with Crippen LogP contribution < -0.4 is 10.2 Å². The van der Waals surface area contributed by atoms with Crippen molar-refractivity contribution in [3.63, 3.8) is 0 Å². The summed E-state index contributed by atoms with van der Waals surface area (Å²) in [5, 5.41) is 3.27. The summed E-state index contributed by atoms with van der Waals surface area (Å²) >= 11 is 6.09. The molecule has 1 N–H and O–H groups in total. The zero-order chi connectivity index (χ0) is 24.2. The van der Waals surface area contributed by atoms with E-state index in [1.807, 2.05) is 51.0 Å². The molecule has 1 aliphatic heterocycles. The Morgan fingerprint density at radius 3 is 2.58 bits per heavy atom. The van der Waals surface area contributed by atoms with E-state index in [9.17, 15) is 13.2 Å². The normalized spacial score (nSPS) is 16.4. The lowest BCUT2D eigenvalue weighted by Crippen LogP contribution is -2.37. The lowest BCUT2D eigenvalue weighted by atomic mass is 10.1. The number of hydrogen-bond acceptors (Lipinski definition) is 5. The van der Waals surface area contributed by atoms with Gasteiger partial charge in [0.2, 0.25) is 15.9 Å². The van der Waals surface area contributed by atoms with Crippen LogP contribution in [-0.4, -0.2) is 52.0 Å². The summed E-state index contributed by atoms with van der Waals surface area (Å²) in [6, 6.07) is 11.9. The van der Waals surface area contributed by atoms with Gasteiger partial charge < -0.3 is 15.0 Å². The summed E-state index contributed by atoms with van der Waals surface area (Å²) in [4.78, 5) is 14.3. The van der Waals surface area contributed by atoms with Crippen LogP contribution in [0.2, 0.25) is 5.02 Å². The van der Waals surface area contributed by atoms with Crippen molar-refractivity contribution in [1.29, 1.82) is 0 Å². The number of carbonyl (C=O) groups excluding carboxylic acids is 1. The fourth-order valence-electron chi connectivity index (χ4n) is 3.74. The molecule has 1 amide bonds. The molecule has 1 saturated heterocycles. The maximum Gasteiger partial charge on any atom is 0.243 e. The molecular weight excluding hydrogens is 462 g/mol. The van der Waals surface area contributed by atoms with E-state index in [0.29, 0.717) is 17.3 Å². The van der Waals surface area contributed by atoms with E-state index in [1.54, 1.807) is 18.2 Å². The van der Waals surface area contributed by atoms with Crippen LogP contribution in [0.15, 0.2) is 47.4 Å². The summed E-state index contributed by atoms with van der Waals surface area (Å²) in [6.07, 6.45) is 1.56. The van der Waals surface area contributed by atoms with Gasteiger partial charge >= 0.3 is 0 Å². The number of ether oxygens (including phenoxy) is 1. The highest BCUT2D eigenvalue weighted by molar-refractivity contribution is 7.89. The molecule has 2 aromatic rings. The zero-order valence-corrected chi connectivity index (χ0v) is 21.1. The Morgan fingerprint density at radius 1 is 1.21 bits per heavy atom. The average Bonchev–Trinajstić information content (AvgIpc) is 3.26. The number of sulfonamides is 1. The van der Waals surface area contributed by atoms with Crippen molar-refractivity contribution >= 4 is 38.9 Å². The third kappa shape index (κ3) is 6.47. The third-order valence-electron chi connectivity index (χ3n) is 5.57. The van der Waals surface area contributed by atoms with E-state index in [1.165, 1.54) is 10.4 Å². The van der Waals surface area contributed by atoms with Crippen LogP contribution in [0.4, 0.5) is 11.4 Å². The standard InChI is InChI=1S/C24H32ClN3O4S/c1-17(2)24(29)26-20-10-11-23(27(3)4)18(13-20)15-28(16-21-8-6-12-32-21)33(30,31)22-9-5-7-19(25)14-22/h5,7,9-11,13-14,17,21H,6,8,12,15-16H2,1-4H3,(H,26,29)/t21-/m0/s1. The smallest absolute Gasteiger partial charge is 0.243 e. The van der Waals surface area contributed by atoms with Crippen molar-refractivity contribution in [2.45, 2.75) is 44.2 Å². The van der Waals surface area contributed by atoms with E-state index in [2.05, 4.69) is 5.32 Å². The van der Waals surface area contributed by atoms with Crippen molar-refractivity contribution in [1.82, 2.24) is 4.31 Å². The van der Waals surface area contributed by atoms with E-state index in [4.69, 9.17) is 16.3 Å². The Hall–Kier alpha value is -2.13. The van der Waals surface area contributed by atoms with Crippen LogP contribution in [0.1, 0.15) is 32.3 Å². The Balaban J connectivity index is 1.99. The number of nitrogens with zero attached hydrogens (tertiary/aromatic N) is 2. The molecule has 1 aliphatic rings. The van der Waals surface area contributed by atoms with E-state index in [-0.39, 0.29) is 35.9 Å². The molecule has 2 aromatic carbocycles. The topological polar surface area (TPSA) is 79.0 Å². The number of rotatable bonds is 9. The average molecular weight is 494 g/mol. The van der Waals surface area contributed by atoms with E-state index in [0.717, 1.165) is 24.1 Å². The largest absolute Gasteiger partial charge is 0.377 e. The lowest BCUT2D eigenvalue weighted by Gasteiger charge is -2.27. The van der Waals surface area contributed by atoms with Crippen molar-refractivity contribution in [2.75, 3.05) is 37.5 Å². The maximum absolute atomic E-state index is 13.6. The SMILES string of the molecule is CC(C)C(=O)Nc1ccc(N(C)C)c(CN(C[C@@H]2CCCO2)S(=O)(=O)c2cccc(Cl)c2)c1. The number of halogens is 1. The first-order valence-electron chi connectivity index (χ1n) is 11.1.